The molecule has 2 N–H and O–H groups in total. The van der Waals surface area contributed by atoms with E-state index in [9.17, 15) is 13.2 Å². The zero-order valence-corrected chi connectivity index (χ0v) is 11.3. The van der Waals surface area contributed by atoms with Gasteiger partial charge < -0.3 is 10.6 Å². The second-order valence-electron chi connectivity index (χ2n) is 4.54. The smallest absolute Gasteiger partial charge is 0.417 e. The van der Waals surface area contributed by atoms with Gasteiger partial charge in [-0.2, -0.15) is 13.2 Å². The quantitative estimate of drug-likeness (QED) is 0.225. The van der Waals surface area contributed by atoms with Gasteiger partial charge in [-0.3, -0.25) is 4.98 Å². The summed E-state index contributed by atoms with van der Waals surface area (Å²) in [4.78, 5) is 11.1. The Kier molecular flexibility index (Phi) is 4.57. The Hall–Kier alpha value is -2.67. The molecule has 0 saturated carbocycles. The predicted octanol–water partition coefficient (Wildman–Crippen LogP) is 4.01. The van der Waals surface area contributed by atoms with Gasteiger partial charge in [-0.25, -0.2) is 0 Å². The summed E-state index contributed by atoms with van der Waals surface area (Å²) < 4.78 is 39.4. The lowest BCUT2D eigenvalue weighted by Crippen LogP contribution is -2.08. The Morgan fingerprint density at radius 1 is 1.32 bits per heavy atom. The third-order valence-electron chi connectivity index (χ3n) is 2.96. The summed E-state index contributed by atoms with van der Waals surface area (Å²) in [7, 11) is 0. The highest BCUT2D eigenvalue weighted by atomic mass is 19.4. The normalized spacial score (nSPS) is 11.2. The van der Waals surface area contributed by atoms with Crippen molar-refractivity contribution >= 4 is 16.6 Å². The molecule has 0 saturated heterocycles. The van der Waals surface area contributed by atoms with E-state index >= 15 is 0 Å². The molecule has 0 amide bonds. The number of halogens is 3. The fourth-order valence-corrected chi connectivity index (χ4v) is 2.05. The molecule has 2 aromatic rings. The highest BCUT2D eigenvalue weighted by Crippen LogP contribution is 2.35. The van der Waals surface area contributed by atoms with E-state index in [1.807, 2.05) is 0 Å². The third-order valence-corrected chi connectivity index (χ3v) is 2.96. The van der Waals surface area contributed by atoms with Crippen molar-refractivity contribution in [2.24, 2.45) is 5.28 Å². The van der Waals surface area contributed by atoms with Gasteiger partial charge in [0, 0.05) is 21.7 Å². The SMILES string of the molecule is [N-]=[N+]=NOCCCc1cc(C(F)(F)F)c2ccc(N)cc2n1. The van der Waals surface area contributed by atoms with Crippen LogP contribution in [0.15, 0.2) is 29.5 Å². The van der Waals surface area contributed by atoms with Crippen LogP contribution < -0.4 is 5.73 Å². The van der Waals surface area contributed by atoms with Crippen molar-refractivity contribution < 1.29 is 18.0 Å². The van der Waals surface area contributed by atoms with Gasteiger partial charge in [0.15, 0.2) is 0 Å². The molecular formula is C13H12F3N5O. The Bertz CT molecular complexity index is 725. The van der Waals surface area contributed by atoms with Gasteiger partial charge in [-0.1, -0.05) is 6.07 Å². The number of hydrogen-bond donors (Lipinski definition) is 1. The Morgan fingerprint density at radius 3 is 2.77 bits per heavy atom. The van der Waals surface area contributed by atoms with Crippen LogP contribution in [0.25, 0.3) is 21.3 Å². The van der Waals surface area contributed by atoms with Gasteiger partial charge in [0.25, 0.3) is 0 Å². The molecule has 2 rings (SSSR count). The average molecular weight is 311 g/mol. The number of aryl methyl sites for hydroxylation is 1. The third kappa shape index (κ3) is 3.70. The number of benzene rings is 1. The number of pyridine rings is 1. The van der Waals surface area contributed by atoms with Crippen molar-refractivity contribution in [2.75, 3.05) is 12.3 Å². The Balaban J connectivity index is 2.33. The summed E-state index contributed by atoms with van der Waals surface area (Å²) in [5, 5.41) is 2.89. The van der Waals surface area contributed by atoms with Crippen molar-refractivity contribution in [1.29, 1.82) is 0 Å². The minimum Gasteiger partial charge on any atom is -0.434 e. The van der Waals surface area contributed by atoms with Crippen molar-refractivity contribution in [1.82, 2.24) is 4.98 Å². The highest BCUT2D eigenvalue weighted by Gasteiger charge is 2.33. The maximum atomic E-state index is 13.1. The Morgan fingerprint density at radius 2 is 2.09 bits per heavy atom. The van der Waals surface area contributed by atoms with Crippen LogP contribution in [0.3, 0.4) is 0 Å². The molecule has 1 aromatic heterocycles. The van der Waals surface area contributed by atoms with Crippen LogP contribution in [-0.2, 0) is 17.4 Å². The topological polar surface area (TPSA) is 96.9 Å². The van der Waals surface area contributed by atoms with Gasteiger partial charge in [0.1, 0.15) is 5.28 Å². The van der Waals surface area contributed by atoms with E-state index in [1.54, 1.807) is 0 Å². The van der Waals surface area contributed by atoms with Crippen LogP contribution in [0, 0.1) is 0 Å². The molecule has 116 valence electrons. The molecule has 0 spiro atoms. The standard InChI is InChI=1S/C13H12F3N5O/c14-13(15,16)11-7-9(2-1-5-22-21-20-18)19-12-6-8(17)3-4-10(11)12/h3-4,6-7H,1-2,5,17H2. The van der Waals surface area contributed by atoms with E-state index in [4.69, 9.17) is 11.3 Å². The van der Waals surface area contributed by atoms with Crippen molar-refractivity contribution in [2.45, 2.75) is 19.0 Å². The van der Waals surface area contributed by atoms with E-state index in [1.165, 1.54) is 18.2 Å². The molecule has 0 radical (unpaired) electrons. The van der Waals surface area contributed by atoms with E-state index in [0.717, 1.165) is 6.07 Å². The lowest BCUT2D eigenvalue weighted by atomic mass is 10.0. The summed E-state index contributed by atoms with van der Waals surface area (Å²) in [6.45, 7) is 0.0993. The molecule has 0 aliphatic carbocycles. The number of aromatic nitrogens is 1. The van der Waals surface area contributed by atoms with Gasteiger partial charge in [-0.15, -0.1) is 0 Å². The number of fused-ring (bicyclic) bond motifs is 1. The first kappa shape index (κ1) is 15.7. The maximum Gasteiger partial charge on any atom is 0.417 e. The first-order chi connectivity index (χ1) is 10.4. The molecule has 6 nitrogen and oxygen atoms in total. The molecule has 9 heteroatoms. The fraction of sp³-hybridized carbons (Fsp3) is 0.308. The van der Waals surface area contributed by atoms with Crippen LogP contribution in [0.4, 0.5) is 18.9 Å². The summed E-state index contributed by atoms with van der Waals surface area (Å²) in [5.41, 5.74) is 13.7. The monoisotopic (exact) mass is 311 g/mol. The lowest BCUT2D eigenvalue weighted by Gasteiger charge is -2.13. The number of azide groups is 1. The first-order valence-corrected chi connectivity index (χ1v) is 6.34. The van der Waals surface area contributed by atoms with Gasteiger partial charge >= 0.3 is 6.18 Å². The zero-order chi connectivity index (χ0) is 16.2. The number of nitrogens with two attached hydrogens (primary N) is 1. The van der Waals surface area contributed by atoms with E-state index in [0.29, 0.717) is 12.1 Å². The number of nitrogens with zero attached hydrogens (tertiary/aromatic N) is 4. The first-order valence-electron chi connectivity index (χ1n) is 6.34. The van der Waals surface area contributed by atoms with Gasteiger partial charge in [0.2, 0.25) is 0 Å². The Labute approximate surface area is 123 Å². The molecule has 22 heavy (non-hydrogen) atoms. The molecule has 0 fully saturated rings. The highest BCUT2D eigenvalue weighted by molar-refractivity contribution is 5.85. The van der Waals surface area contributed by atoms with Gasteiger partial charge in [-0.05, 0) is 36.6 Å². The van der Waals surface area contributed by atoms with E-state index < -0.39 is 11.7 Å². The fourth-order valence-electron chi connectivity index (χ4n) is 2.05. The number of anilines is 1. The largest absolute Gasteiger partial charge is 0.434 e. The summed E-state index contributed by atoms with van der Waals surface area (Å²) >= 11 is 0. The predicted molar refractivity (Wildman–Crippen MR) is 74.6 cm³/mol. The second kappa shape index (κ2) is 6.40. The maximum absolute atomic E-state index is 13.1. The molecule has 1 heterocycles. The zero-order valence-electron chi connectivity index (χ0n) is 11.3. The molecule has 0 aliphatic rings. The minimum absolute atomic E-state index is 0.00998. The van der Waals surface area contributed by atoms with Crippen molar-refractivity contribution in [3.8, 4) is 0 Å². The van der Waals surface area contributed by atoms with Gasteiger partial charge in [0.05, 0.1) is 17.7 Å². The number of alkyl halides is 3. The molecule has 0 unspecified atom stereocenters. The molecular weight excluding hydrogens is 299 g/mol. The summed E-state index contributed by atoms with van der Waals surface area (Å²) in [6.07, 6.45) is -3.85. The summed E-state index contributed by atoms with van der Waals surface area (Å²) in [5.74, 6) is 0. The average Bonchev–Trinajstić information content (AvgIpc) is 2.45. The van der Waals surface area contributed by atoms with Crippen molar-refractivity contribution in [3.63, 3.8) is 0 Å². The van der Waals surface area contributed by atoms with E-state index in [-0.39, 0.29) is 29.6 Å². The van der Waals surface area contributed by atoms with Crippen LogP contribution in [0.1, 0.15) is 17.7 Å². The molecule has 0 aliphatic heterocycles. The van der Waals surface area contributed by atoms with Crippen LogP contribution in [-0.4, -0.2) is 11.6 Å². The molecule has 0 bridgehead atoms. The number of hydrogen-bond acceptors (Lipinski definition) is 4. The lowest BCUT2D eigenvalue weighted by molar-refractivity contribution is -0.136. The second-order valence-corrected chi connectivity index (χ2v) is 4.54. The van der Waals surface area contributed by atoms with E-state index in [2.05, 4.69) is 20.0 Å². The van der Waals surface area contributed by atoms with Crippen molar-refractivity contribution in [3.05, 3.63) is 46.0 Å². The van der Waals surface area contributed by atoms with Crippen LogP contribution >= 0.6 is 0 Å². The molecule has 0 atom stereocenters. The summed E-state index contributed by atoms with van der Waals surface area (Å²) in [6, 6.07) is 5.15. The van der Waals surface area contributed by atoms with Crippen LogP contribution in [0.2, 0.25) is 0 Å². The number of rotatable bonds is 5. The number of nitrogen functional groups attached to an aromatic ring is 1. The molecule has 1 aromatic carbocycles. The minimum atomic E-state index is -4.48. The van der Waals surface area contributed by atoms with Crippen LogP contribution in [0.5, 0.6) is 0 Å².